The fraction of sp³-hybridized carbons (Fsp3) is 0.154. The summed E-state index contributed by atoms with van der Waals surface area (Å²) in [6.45, 7) is 0.728. The standard InChI is InChI=1S/C13H10O2S/c14-13(11-4-6-16-8-11)10-1-2-12-9(7-10)3-5-15-12/h1-2,4,6-8H,3,5H2. The van der Waals surface area contributed by atoms with Crippen molar-refractivity contribution in [3.63, 3.8) is 0 Å². The fourth-order valence-corrected chi connectivity index (χ4v) is 2.52. The van der Waals surface area contributed by atoms with Crippen LogP contribution in [0.3, 0.4) is 0 Å². The van der Waals surface area contributed by atoms with Crippen LogP contribution in [0.1, 0.15) is 21.5 Å². The zero-order valence-corrected chi connectivity index (χ0v) is 9.42. The molecule has 3 heteroatoms. The van der Waals surface area contributed by atoms with Gasteiger partial charge in [0.2, 0.25) is 0 Å². The largest absolute Gasteiger partial charge is 0.493 e. The number of ketones is 1. The summed E-state index contributed by atoms with van der Waals surface area (Å²) < 4.78 is 5.41. The van der Waals surface area contributed by atoms with Crippen LogP contribution in [-0.4, -0.2) is 12.4 Å². The average Bonchev–Trinajstić information content (AvgIpc) is 2.98. The number of carbonyl (C=O) groups excluding carboxylic acids is 1. The van der Waals surface area contributed by atoms with Crippen LogP contribution < -0.4 is 4.74 Å². The molecular formula is C13H10O2S. The molecule has 1 aromatic carbocycles. The molecule has 0 unspecified atom stereocenters. The van der Waals surface area contributed by atoms with Crippen molar-refractivity contribution < 1.29 is 9.53 Å². The van der Waals surface area contributed by atoms with Gasteiger partial charge in [-0.15, -0.1) is 0 Å². The maximum Gasteiger partial charge on any atom is 0.193 e. The topological polar surface area (TPSA) is 26.3 Å². The third-order valence-corrected chi connectivity index (χ3v) is 3.42. The van der Waals surface area contributed by atoms with Gasteiger partial charge in [0.25, 0.3) is 0 Å². The molecular weight excluding hydrogens is 220 g/mol. The molecule has 0 saturated heterocycles. The van der Waals surface area contributed by atoms with Gasteiger partial charge < -0.3 is 4.74 Å². The van der Waals surface area contributed by atoms with E-state index in [-0.39, 0.29) is 5.78 Å². The van der Waals surface area contributed by atoms with Crippen LogP contribution in [0.5, 0.6) is 5.75 Å². The first-order valence-electron chi connectivity index (χ1n) is 5.17. The normalized spacial score (nSPS) is 13.2. The number of benzene rings is 1. The van der Waals surface area contributed by atoms with E-state index in [0.29, 0.717) is 0 Å². The van der Waals surface area contributed by atoms with Gasteiger partial charge >= 0.3 is 0 Å². The minimum absolute atomic E-state index is 0.0935. The lowest BCUT2D eigenvalue weighted by Gasteiger charge is -2.02. The molecule has 0 fully saturated rings. The Labute approximate surface area is 97.5 Å². The third-order valence-electron chi connectivity index (χ3n) is 2.74. The Bertz CT molecular complexity index is 529. The molecule has 16 heavy (non-hydrogen) atoms. The first-order chi connectivity index (χ1) is 7.84. The Morgan fingerprint density at radius 3 is 3.00 bits per heavy atom. The predicted molar refractivity (Wildman–Crippen MR) is 63.4 cm³/mol. The molecule has 2 heterocycles. The SMILES string of the molecule is O=C(c1ccsc1)c1ccc2c(c1)CCO2. The van der Waals surface area contributed by atoms with Crippen molar-refractivity contribution in [3.05, 3.63) is 51.7 Å². The maximum atomic E-state index is 12.1. The lowest BCUT2D eigenvalue weighted by Crippen LogP contribution is -1.99. The van der Waals surface area contributed by atoms with E-state index in [1.807, 2.05) is 35.0 Å². The van der Waals surface area contributed by atoms with Crippen LogP contribution in [0.4, 0.5) is 0 Å². The van der Waals surface area contributed by atoms with E-state index in [1.54, 1.807) is 11.3 Å². The molecule has 0 radical (unpaired) electrons. The van der Waals surface area contributed by atoms with Gasteiger partial charge in [-0.1, -0.05) is 0 Å². The molecule has 80 valence electrons. The molecule has 0 spiro atoms. The summed E-state index contributed by atoms with van der Waals surface area (Å²) in [5.41, 5.74) is 2.66. The number of rotatable bonds is 2. The zero-order chi connectivity index (χ0) is 11.0. The van der Waals surface area contributed by atoms with Crippen molar-refractivity contribution in [1.29, 1.82) is 0 Å². The summed E-state index contributed by atoms with van der Waals surface area (Å²) in [7, 11) is 0. The Morgan fingerprint density at radius 2 is 2.19 bits per heavy atom. The van der Waals surface area contributed by atoms with E-state index >= 15 is 0 Å². The lowest BCUT2D eigenvalue weighted by molar-refractivity contribution is 0.103. The second-order valence-electron chi connectivity index (χ2n) is 3.76. The summed E-state index contributed by atoms with van der Waals surface area (Å²) in [6.07, 6.45) is 0.903. The van der Waals surface area contributed by atoms with E-state index in [4.69, 9.17) is 4.74 Å². The van der Waals surface area contributed by atoms with Gasteiger partial charge in [-0.3, -0.25) is 4.79 Å². The van der Waals surface area contributed by atoms with Crippen LogP contribution in [0.25, 0.3) is 0 Å². The lowest BCUT2D eigenvalue weighted by atomic mass is 10.0. The fourth-order valence-electron chi connectivity index (χ4n) is 1.89. The van der Waals surface area contributed by atoms with Crippen molar-refractivity contribution in [2.45, 2.75) is 6.42 Å². The van der Waals surface area contributed by atoms with E-state index in [1.165, 1.54) is 0 Å². The van der Waals surface area contributed by atoms with Gasteiger partial charge in [-0.25, -0.2) is 0 Å². The molecule has 1 aromatic heterocycles. The highest BCUT2D eigenvalue weighted by Gasteiger charge is 2.15. The number of hydrogen-bond acceptors (Lipinski definition) is 3. The Hall–Kier alpha value is -1.61. The van der Waals surface area contributed by atoms with Crippen LogP contribution >= 0.6 is 11.3 Å². The van der Waals surface area contributed by atoms with Crippen molar-refractivity contribution in [2.75, 3.05) is 6.61 Å². The monoisotopic (exact) mass is 230 g/mol. The van der Waals surface area contributed by atoms with E-state index < -0.39 is 0 Å². The molecule has 3 rings (SSSR count). The smallest absolute Gasteiger partial charge is 0.193 e. The van der Waals surface area contributed by atoms with Crippen LogP contribution in [0, 0.1) is 0 Å². The summed E-state index contributed by atoms with van der Waals surface area (Å²) in [5, 5.41) is 3.80. The molecule has 2 aromatic rings. The number of thiophene rings is 1. The van der Waals surface area contributed by atoms with E-state index in [2.05, 4.69) is 0 Å². The number of fused-ring (bicyclic) bond motifs is 1. The van der Waals surface area contributed by atoms with Crippen molar-refractivity contribution in [2.24, 2.45) is 0 Å². The quantitative estimate of drug-likeness (QED) is 0.741. The highest BCUT2D eigenvalue weighted by atomic mass is 32.1. The van der Waals surface area contributed by atoms with E-state index in [0.717, 1.165) is 35.5 Å². The third kappa shape index (κ3) is 1.53. The van der Waals surface area contributed by atoms with Crippen molar-refractivity contribution in [3.8, 4) is 5.75 Å². The maximum absolute atomic E-state index is 12.1. The van der Waals surface area contributed by atoms with Gasteiger partial charge in [-0.05, 0) is 35.2 Å². The molecule has 0 atom stereocenters. The van der Waals surface area contributed by atoms with Gasteiger partial charge in [0.05, 0.1) is 6.61 Å². The van der Waals surface area contributed by atoms with Crippen LogP contribution in [-0.2, 0) is 6.42 Å². The van der Waals surface area contributed by atoms with Gasteiger partial charge in [0, 0.05) is 22.9 Å². The summed E-state index contributed by atoms with van der Waals surface area (Å²) in [4.78, 5) is 12.1. The molecule has 0 aliphatic carbocycles. The van der Waals surface area contributed by atoms with Crippen LogP contribution in [0.15, 0.2) is 35.0 Å². The molecule has 0 bridgehead atoms. The zero-order valence-electron chi connectivity index (χ0n) is 8.60. The second-order valence-corrected chi connectivity index (χ2v) is 4.54. The summed E-state index contributed by atoms with van der Waals surface area (Å²) in [5.74, 6) is 1.01. The highest BCUT2D eigenvalue weighted by molar-refractivity contribution is 7.08. The predicted octanol–water partition coefficient (Wildman–Crippen LogP) is 2.91. The molecule has 0 amide bonds. The first-order valence-corrected chi connectivity index (χ1v) is 6.11. The average molecular weight is 230 g/mol. The molecule has 1 aliphatic rings. The van der Waals surface area contributed by atoms with Crippen LogP contribution in [0.2, 0.25) is 0 Å². The Balaban J connectivity index is 1.99. The molecule has 0 saturated carbocycles. The van der Waals surface area contributed by atoms with Gasteiger partial charge in [-0.2, -0.15) is 11.3 Å². The molecule has 2 nitrogen and oxygen atoms in total. The van der Waals surface area contributed by atoms with Gasteiger partial charge in [0.15, 0.2) is 5.78 Å². The summed E-state index contributed by atoms with van der Waals surface area (Å²) >= 11 is 1.54. The minimum atomic E-state index is 0.0935. The minimum Gasteiger partial charge on any atom is -0.493 e. The Morgan fingerprint density at radius 1 is 1.25 bits per heavy atom. The summed E-state index contributed by atoms with van der Waals surface area (Å²) in [6, 6.07) is 7.53. The first kappa shape index (κ1) is 9.60. The highest BCUT2D eigenvalue weighted by Crippen LogP contribution is 2.27. The number of hydrogen-bond donors (Lipinski definition) is 0. The number of ether oxygens (including phenoxy) is 1. The number of carbonyl (C=O) groups is 1. The Kier molecular flexibility index (Phi) is 2.26. The molecule has 1 aliphatic heterocycles. The molecule has 0 N–H and O–H groups in total. The van der Waals surface area contributed by atoms with Crippen molar-refractivity contribution >= 4 is 17.1 Å². The van der Waals surface area contributed by atoms with Crippen molar-refractivity contribution in [1.82, 2.24) is 0 Å². The van der Waals surface area contributed by atoms with Gasteiger partial charge in [0.1, 0.15) is 5.75 Å². The second kappa shape index (κ2) is 3.76. The van der Waals surface area contributed by atoms with E-state index in [9.17, 15) is 4.79 Å².